The molecule has 0 saturated heterocycles. The molecule has 1 aromatic rings. The van der Waals surface area contributed by atoms with Gasteiger partial charge in [0.15, 0.2) is 0 Å². The normalized spacial score (nSPS) is 15.1. The number of nitrogens with two attached hydrogens (primary N) is 1. The summed E-state index contributed by atoms with van der Waals surface area (Å²) in [5.41, 5.74) is 8.11. The van der Waals surface area contributed by atoms with E-state index in [9.17, 15) is 4.79 Å². The van der Waals surface area contributed by atoms with E-state index in [-0.39, 0.29) is 11.9 Å². The van der Waals surface area contributed by atoms with Crippen LogP contribution in [0.2, 0.25) is 0 Å². The Hall–Kier alpha value is -1.51. The van der Waals surface area contributed by atoms with Crippen molar-refractivity contribution in [3.8, 4) is 0 Å². The first-order chi connectivity index (χ1) is 6.61. The standard InChI is InChI=1S/C11H14N2O/c1-7(2)13-6-8-4-3-5-9(12)10(8)11(13)14/h3-5,7H,6,12H2,1-2H3. The van der Waals surface area contributed by atoms with Crippen LogP contribution in [-0.2, 0) is 6.54 Å². The summed E-state index contributed by atoms with van der Waals surface area (Å²) in [6.45, 7) is 4.72. The van der Waals surface area contributed by atoms with Crippen LogP contribution in [-0.4, -0.2) is 16.8 Å². The molecule has 3 heteroatoms. The Morgan fingerprint density at radius 1 is 1.43 bits per heavy atom. The zero-order valence-electron chi connectivity index (χ0n) is 8.45. The molecule has 3 nitrogen and oxygen atoms in total. The van der Waals surface area contributed by atoms with Crippen molar-refractivity contribution in [2.75, 3.05) is 5.73 Å². The number of hydrogen-bond acceptors (Lipinski definition) is 2. The Balaban J connectivity index is 2.46. The molecule has 0 bridgehead atoms. The molecule has 0 aromatic heterocycles. The van der Waals surface area contributed by atoms with Crippen LogP contribution in [0.5, 0.6) is 0 Å². The highest BCUT2D eigenvalue weighted by Gasteiger charge is 2.30. The smallest absolute Gasteiger partial charge is 0.256 e. The van der Waals surface area contributed by atoms with Gasteiger partial charge in [0.05, 0.1) is 5.56 Å². The molecular formula is C11H14N2O. The number of benzene rings is 1. The molecule has 14 heavy (non-hydrogen) atoms. The van der Waals surface area contributed by atoms with Gasteiger partial charge in [-0.2, -0.15) is 0 Å². The first kappa shape index (κ1) is 9.06. The summed E-state index contributed by atoms with van der Waals surface area (Å²) < 4.78 is 0. The fourth-order valence-electron chi connectivity index (χ4n) is 1.83. The predicted molar refractivity (Wildman–Crippen MR) is 55.9 cm³/mol. The average Bonchev–Trinajstić information content (AvgIpc) is 2.45. The molecule has 0 unspecified atom stereocenters. The highest BCUT2D eigenvalue weighted by Crippen LogP contribution is 2.28. The minimum absolute atomic E-state index is 0.0631. The van der Waals surface area contributed by atoms with Gasteiger partial charge in [0.2, 0.25) is 0 Å². The number of anilines is 1. The van der Waals surface area contributed by atoms with Gasteiger partial charge in [-0.1, -0.05) is 12.1 Å². The monoisotopic (exact) mass is 190 g/mol. The number of nitrogen functional groups attached to an aromatic ring is 1. The fourth-order valence-corrected chi connectivity index (χ4v) is 1.83. The minimum Gasteiger partial charge on any atom is -0.398 e. The maximum absolute atomic E-state index is 11.9. The van der Waals surface area contributed by atoms with Crippen LogP contribution in [0.3, 0.4) is 0 Å². The number of nitrogens with zero attached hydrogens (tertiary/aromatic N) is 1. The molecule has 0 aliphatic carbocycles. The van der Waals surface area contributed by atoms with Crippen molar-refractivity contribution in [2.45, 2.75) is 26.4 Å². The van der Waals surface area contributed by atoms with Gasteiger partial charge in [-0.15, -0.1) is 0 Å². The largest absolute Gasteiger partial charge is 0.398 e. The van der Waals surface area contributed by atoms with Crippen molar-refractivity contribution in [1.29, 1.82) is 0 Å². The van der Waals surface area contributed by atoms with E-state index in [0.29, 0.717) is 17.8 Å². The number of carbonyl (C=O) groups is 1. The zero-order valence-corrected chi connectivity index (χ0v) is 8.45. The third-order valence-electron chi connectivity index (χ3n) is 2.62. The van der Waals surface area contributed by atoms with Gasteiger partial charge in [-0.05, 0) is 25.5 Å². The lowest BCUT2D eigenvalue weighted by Crippen LogP contribution is -2.31. The van der Waals surface area contributed by atoms with E-state index in [0.717, 1.165) is 5.56 Å². The molecule has 1 amide bonds. The topological polar surface area (TPSA) is 46.3 Å². The maximum atomic E-state index is 11.9. The Morgan fingerprint density at radius 2 is 2.14 bits per heavy atom. The first-order valence-electron chi connectivity index (χ1n) is 4.79. The lowest BCUT2D eigenvalue weighted by molar-refractivity contribution is 0.0731. The zero-order chi connectivity index (χ0) is 10.3. The highest BCUT2D eigenvalue weighted by atomic mass is 16.2. The third kappa shape index (κ3) is 1.16. The van der Waals surface area contributed by atoms with Crippen LogP contribution >= 0.6 is 0 Å². The van der Waals surface area contributed by atoms with Crippen LogP contribution in [0.25, 0.3) is 0 Å². The molecule has 0 radical (unpaired) electrons. The number of carbonyl (C=O) groups excluding carboxylic acids is 1. The van der Waals surface area contributed by atoms with Crippen LogP contribution < -0.4 is 5.73 Å². The molecule has 2 rings (SSSR count). The average molecular weight is 190 g/mol. The molecule has 1 aliphatic rings. The lowest BCUT2D eigenvalue weighted by Gasteiger charge is -2.19. The van der Waals surface area contributed by atoms with Gasteiger partial charge in [0, 0.05) is 18.3 Å². The Labute approximate surface area is 83.5 Å². The van der Waals surface area contributed by atoms with Gasteiger partial charge >= 0.3 is 0 Å². The molecule has 0 fully saturated rings. The summed E-state index contributed by atoms with van der Waals surface area (Å²) in [7, 11) is 0. The van der Waals surface area contributed by atoms with E-state index in [1.165, 1.54) is 0 Å². The minimum atomic E-state index is 0.0631. The van der Waals surface area contributed by atoms with Crippen LogP contribution in [0.4, 0.5) is 5.69 Å². The summed E-state index contributed by atoms with van der Waals surface area (Å²) in [6, 6.07) is 5.87. The SMILES string of the molecule is CC(C)N1Cc2cccc(N)c2C1=O. The van der Waals surface area contributed by atoms with Crippen LogP contribution in [0.1, 0.15) is 29.8 Å². The lowest BCUT2D eigenvalue weighted by atomic mass is 10.1. The van der Waals surface area contributed by atoms with E-state index in [1.807, 2.05) is 30.9 Å². The Morgan fingerprint density at radius 3 is 2.71 bits per heavy atom. The van der Waals surface area contributed by atoms with E-state index in [4.69, 9.17) is 5.73 Å². The van der Waals surface area contributed by atoms with E-state index < -0.39 is 0 Å². The van der Waals surface area contributed by atoms with Crippen molar-refractivity contribution in [2.24, 2.45) is 0 Å². The predicted octanol–water partition coefficient (Wildman–Crippen LogP) is 1.63. The molecule has 1 aliphatic heterocycles. The third-order valence-corrected chi connectivity index (χ3v) is 2.62. The van der Waals surface area contributed by atoms with Crippen molar-refractivity contribution in [3.05, 3.63) is 29.3 Å². The van der Waals surface area contributed by atoms with E-state index >= 15 is 0 Å². The fraction of sp³-hybridized carbons (Fsp3) is 0.364. The summed E-state index contributed by atoms with van der Waals surface area (Å²) >= 11 is 0. The molecule has 1 heterocycles. The second-order valence-electron chi connectivity index (χ2n) is 3.91. The van der Waals surface area contributed by atoms with Gasteiger partial charge in [0.1, 0.15) is 0 Å². The first-order valence-corrected chi connectivity index (χ1v) is 4.79. The Kier molecular flexibility index (Phi) is 1.95. The van der Waals surface area contributed by atoms with E-state index in [1.54, 1.807) is 6.07 Å². The highest BCUT2D eigenvalue weighted by molar-refractivity contribution is 6.03. The Bertz CT molecular complexity index is 385. The van der Waals surface area contributed by atoms with Crippen molar-refractivity contribution >= 4 is 11.6 Å². The van der Waals surface area contributed by atoms with E-state index in [2.05, 4.69) is 0 Å². The van der Waals surface area contributed by atoms with Crippen molar-refractivity contribution in [1.82, 2.24) is 4.90 Å². The summed E-state index contributed by atoms with van der Waals surface area (Å²) in [5.74, 6) is 0.0631. The second kappa shape index (κ2) is 3.01. The van der Waals surface area contributed by atoms with Crippen LogP contribution in [0, 0.1) is 0 Å². The summed E-state index contributed by atoms with van der Waals surface area (Å²) in [4.78, 5) is 13.7. The molecule has 74 valence electrons. The number of rotatable bonds is 1. The number of amides is 1. The molecule has 0 saturated carbocycles. The molecule has 0 spiro atoms. The quantitative estimate of drug-likeness (QED) is 0.684. The van der Waals surface area contributed by atoms with Gasteiger partial charge in [-0.3, -0.25) is 4.79 Å². The van der Waals surface area contributed by atoms with Gasteiger partial charge in [-0.25, -0.2) is 0 Å². The number of fused-ring (bicyclic) bond motifs is 1. The molecule has 2 N–H and O–H groups in total. The van der Waals surface area contributed by atoms with Crippen LogP contribution in [0.15, 0.2) is 18.2 Å². The summed E-state index contributed by atoms with van der Waals surface area (Å²) in [5, 5.41) is 0. The van der Waals surface area contributed by atoms with Gasteiger partial charge < -0.3 is 10.6 Å². The van der Waals surface area contributed by atoms with Gasteiger partial charge in [0.25, 0.3) is 5.91 Å². The van der Waals surface area contributed by atoms with Crippen molar-refractivity contribution < 1.29 is 4.79 Å². The second-order valence-corrected chi connectivity index (χ2v) is 3.91. The molecule has 0 atom stereocenters. The number of hydrogen-bond donors (Lipinski definition) is 1. The van der Waals surface area contributed by atoms with Crippen molar-refractivity contribution in [3.63, 3.8) is 0 Å². The summed E-state index contributed by atoms with van der Waals surface area (Å²) in [6.07, 6.45) is 0. The molecular weight excluding hydrogens is 176 g/mol. The maximum Gasteiger partial charge on any atom is 0.256 e. The molecule has 1 aromatic carbocycles.